The summed E-state index contributed by atoms with van der Waals surface area (Å²) in [7, 11) is 0. The number of rotatable bonds is 50. The summed E-state index contributed by atoms with van der Waals surface area (Å²) in [5.74, 6) is -0.905. The van der Waals surface area contributed by atoms with Gasteiger partial charge in [0.05, 0.1) is 0 Å². The van der Waals surface area contributed by atoms with Crippen molar-refractivity contribution in [1.29, 1.82) is 0 Å². The summed E-state index contributed by atoms with van der Waals surface area (Å²) < 4.78 is 16.8. The summed E-state index contributed by atoms with van der Waals surface area (Å²) in [5.41, 5.74) is 0. The Morgan fingerprint density at radius 2 is 0.571 bits per heavy atom. The van der Waals surface area contributed by atoms with E-state index in [0.29, 0.717) is 19.3 Å². The van der Waals surface area contributed by atoms with E-state index in [9.17, 15) is 14.4 Å². The van der Waals surface area contributed by atoms with Gasteiger partial charge in [-0.25, -0.2) is 0 Å². The fourth-order valence-corrected chi connectivity index (χ4v) is 7.96. The lowest BCUT2D eigenvalue weighted by molar-refractivity contribution is -0.167. The van der Waals surface area contributed by atoms with Crippen molar-refractivity contribution in [3.8, 4) is 0 Å². The summed E-state index contributed by atoms with van der Waals surface area (Å²) in [6, 6.07) is 0. The van der Waals surface area contributed by atoms with E-state index in [1.165, 1.54) is 173 Å². The van der Waals surface area contributed by atoms with Crippen LogP contribution in [0.4, 0.5) is 0 Å². The zero-order chi connectivity index (χ0) is 45.8. The molecule has 0 aliphatic carbocycles. The van der Waals surface area contributed by atoms with E-state index in [1.807, 2.05) is 0 Å². The van der Waals surface area contributed by atoms with Gasteiger partial charge in [-0.3, -0.25) is 14.4 Å². The Bertz CT molecular complexity index is 1060. The highest BCUT2D eigenvalue weighted by molar-refractivity contribution is 5.71. The fourth-order valence-electron chi connectivity index (χ4n) is 7.96. The monoisotopic (exact) mass is 885 g/mol. The Morgan fingerprint density at radius 1 is 0.317 bits per heavy atom. The Balaban J connectivity index is 4.37. The SMILES string of the molecule is CCCCC/C=C\CCCCCCCC(=O)OCC(COC(=O)CCCCCCCCCCCCCCCCCCC)OC(=O)CCCCC/C=C\C=C/CCCCCCCCC. The number of carbonyl (C=O) groups excluding carboxylic acids is 3. The molecule has 6 heteroatoms. The first kappa shape index (κ1) is 60.6. The Labute approximate surface area is 391 Å². The highest BCUT2D eigenvalue weighted by atomic mass is 16.6. The van der Waals surface area contributed by atoms with Gasteiger partial charge in [0.1, 0.15) is 13.2 Å². The molecule has 6 nitrogen and oxygen atoms in total. The lowest BCUT2D eigenvalue weighted by atomic mass is 10.0. The lowest BCUT2D eigenvalue weighted by Gasteiger charge is -2.18. The maximum Gasteiger partial charge on any atom is 0.306 e. The van der Waals surface area contributed by atoms with Crippen molar-refractivity contribution in [1.82, 2.24) is 0 Å². The zero-order valence-corrected chi connectivity index (χ0v) is 42.1. The zero-order valence-electron chi connectivity index (χ0n) is 42.1. The van der Waals surface area contributed by atoms with Crippen LogP contribution in [-0.2, 0) is 28.6 Å². The topological polar surface area (TPSA) is 78.9 Å². The molecular weight excluding hydrogens is 781 g/mol. The Kier molecular flexibility index (Phi) is 50.3. The fraction of sp³-hybridized carbons (Fsp3) is 0.842. The molecule has 0 N–H and O–H groups in total. The van der Waals surface area contributed by atoms with Crippen LogP contribution in [0.5, 0.6) is 0 Å². The van der Waals surface area contributed by atoms with E-state index in [4.69, 9.17) is 14.2 Å². The summed E-state index contributed by atoms with van der Waals surface area (Å²) in [5, 5.41) is 0. The molecule has 0 bridgehead atoms. The minimum Gasteiger partial charge on any atom is -0.462 e. The van der Waals surface area contributed by atoms with Gasteiger partial charge in [0.15, 0.2) is 6.10 Å². The van der Waals surface area contributed by atoms with E-state index in [0.717, 1.165) is 77.0 Å². The van der Waals surface area contributed by atoms with E-state index < -0.39 is 6.10 Å². The van der Waals surface area contributed by atoms with Gasteiger partial charge in [0.2, 0.25) is 0 Å². The van der Waals surface area contributed by atoms with Gasteiger partial charge >= 0.3 is 17.9 Å². The van der Waals surface area contributed by atoms with Crippen LogP contribution < -0.4 is 0 Å². The summed E-state index contributed by atoms with van der Waals surface area (Å²) in [4.78, 5) is 38.0. The normalized spacial score (nSPS) is 12.2. The third-order valence-electron chi connectivity index (χ3n) is 12.1. The lowest BCUT2D eigenvalue weighted by Crippen LogP contribution is -2.30. The van der Waals surface area contributed by atoms with Crippen LogP contribution in [-0.4, -0.2) is 37.2 Å². The van der Waals surface area contributed by atoms with Gasteiger partial charge in [0, 0.05) is 19.3 Å². The van der Waals surface area contributed by atoms with Gasteiger partial charge in [-0.15, -0.1) is 0 Å². The maximum atomic E-state index is 12.8. The molecule has 0 aliphatic heterocycles. The molecule has 0 spiro atoms. The van der Waals surface area contributed by atoms with Crippen LogP contribution in [0, 0.1) is 0 Å². The molecule has 0 rings (SSSR count). The molecule has 1 atom stereocenters. The predicted molar refractivity (Wildman–Crippen MR) is 270 cm³/mol. The largest absolute Gasteiger partial charge is 0.462 e. The second-order valence-corrected chi connectivity index (χ2v) is 18.5. The van der Waals surface area contributed by atoms with E-state index >= 15 is 0 Å². The van der Waals surface area contributed by atoms with Crippen LogP contribution in [0.3, 0.4) is 0 Å². The number of esters is 3. The molecule has 0 saturated heterocycles. The second kappa shape index (κ2) is 52.3. The van der Waals surface area contributed by atoms with Crippen molar-refractivity contribution in [3.63, 3.8) is 0 Å². The van der Waals surface area contributed by atoms with Crippen molar-refractivity contribution in [2.45, 2.75) is 297 Å². The Morgan fingerprint density at radius 3 is 0.937 bits per heavy atom. The minimum atomic E-state index is -0.785. The molecule has 0 aromatic heterocycles. The number of unbranched alkanes of at least 4 members (excludes halogenated alkanes) is 34. The second-order valence-electron chi connectivity index (χ2n) is 18.5. The average molecular weight is 885 g/mol. The molecule has 0 radical (unpaired) electrons. The molecule has 0 saturated carbocycles. The van der Waals surface area contributed by atoms with Crippen LogP contribution in [0.2, 0.25) is 0 Å². The van der Waals surface area contributed by atoms with Crippen molar-refractivity contribution < 1.29 is 28.6 Å². The van der Waals surface area contributed by atoms with Crippen LogP contribution in [0.15, 0.2) is 36.5 Å². The van der Waals surface area contributed by atoms with Crippen LogP contribution in [0.1, 0.15) is 290 Å². The quantitative estimate of drug-likeness (QED) is 0.0199. The highest BCUT2D eigenvalue weighted by Crippen LogP contribution is 2.16. The molecule has 0 heterocycles. The third-order valence-corrected chi connectivity index (χ3v) is 12.1. The maximum absolute atomic E-state index is 12.8. The van der Waals surface area contributed by atoms with Gasteiger partial charge in [0.25, 0.3) is 0 Å². The highest BCUT2D eigenvalue weighted by Gasteiger charge is 2.19. The molecule has 368 valence electrons. The van der Waals surface area contributed by atoms with Crippen LogP contribution in [0.25, 0.3) is 0 Å². The van der Waals surface area contributed by atoms with Crippen LogP contribution >= 0.6 is 0 Å². The van der Waals surface area contributed by atoms with Crippen molar-refractivity contribution in [3.05, 3.63) is 36.5 Å². The number of hydrogen-bond acceptors (Lipinski definition) is 6. The molecule has 0 aromatic rings. The first-order chi connectivity index (χ1) is 31.0. The third kappa shape index (κ3) is 50.5. The molecule has 0 fully saturated rings. The minimum absolute atomic E-state index is 0.0822. The Hall–Kier alpha value is -2.37. The standard InChI is InChI=1S/C57H104O6/c1-4-7-10-13-16-19-22-25-27-29-31-32-35-38-41-44-47-50-56(59)62-53-54(52-61-55(58)49-46-43-40-37-34-24-21-18-15-12-9-6-3)63-57(60)51-48-45-42-39-36-33-30-28-26-23-20-17-14-11-8-5-2/h18,21,28,30,33,36,54H,4-17,19-20,22-27,29,31-32,34-35,37-53H2,1-3H3/b21-18-,30-28-,36-33-. The number of hydrogen-bond donors (Lipinski definition) is 0. The predicted octanol–water partition coefficient (Wildman–Crippen LogP) is 18.1. The number of ether oxygens (including phenoxy) is 3. The van der Waals surface area contributed by atoms with Crippen molar-refractivity contribution >= 4 is 17.9 Å². The molecule has 1 unspecified atom stereocenters. The van der Waals surface area contributed by atoms with Crippen molar-refractivity contribution in [2.24, 2.45) is 0 Å². The van der Waals surface area contributed by atoms with Crippen molar-refractivity contribution in [2.75, 3.05) is 13.2 Å². The summed E-state index contributed by atoms with van der Waals surface area (Å²) in [6.07, 6.45) is 61.3. The molecule has 63 heavy (non-hydrogen) atoms. The molecule has 0 amide bonds. The molecular formula is C57H104O6. The molecule has 0 aliphatic rings. The van der Waals surface area contributed by atoms with Gasteiger partial charge in [-0.05, 0) is 70.6 Å². The van der Waals surface area contributed by atoms with E-state index in [1.54, 1.807) is 0 Å². The first-order valence-corrected chi connectivity index (χ1v) is 27.5. The van der Waals surface area contributed by atoms with E-state index in [2.05, 4.69) is 57.2 Å². The summed E-state index contributed by atoms with van der Waals surface area (Å²) >= 11 is 0. The smallest absolute Gasteiger partial charge is 0.306 e. The number of carbonyl (C=O) groups is 3. The number of allylic oxidation sites excluding steroid dienone is 6. The van der Waals surface area contributed by atoms with E-state index in [-0.39, 0.29) is 31.1 Å². The average Bonchev–Trinajstić information content (AvgIpc) is 3.28. The first-order valence-electron chi connectivity index (χ1n) is 27.5. The van der Waals surface area contributed by atoms with Gasteiger partial charge in [-0.1, -0.05) is 237 Å². The van der Waals surface area contributed by atoms with Gasteiger partial charge in [-0.2, -0.15) is 0 Å². The van der Waals surface area contributed by atoms with Gasteiger partial charge < -0.3 is 14.2 Å². The summed E-state index contributed by atoms with van der Waals surface area (Å²) in [6.45, 7) is 6.61. The molecule has 0 aromatic carbocycles.